The number of ether oxygens (including phenoxy) is 2. The van der Waals surface area contributed by atoms with Gasteiger partial charge in [-0.05, 0) is 48.2 Å². The van der Waals surface area contributed by atoms with Crippen LogP contribution in [0.15, 0.2) is 78.9 Å². The molecule has 1 fully saturated rings. The molecule has 4 rings (SSSR count). The number of piperidine rings is 1. The normalized spacial score (nSPS) is 15.1. The topological polar surface area (TPSA) is 79.3 Å². The second-order valence-corrected chi connectivity index (χ2v) is 9.38. The first-order valence-electron chi connectivity index (χ1n) is 12.6. The van der Waals surface area contributed by atoms with Gasteiger partial charge in [0, 0.05) is 39.0 Å². The number of benzene rings is 3. The maximum Gasteiger partial charge on any atom is 0.326 e. The molecule has 0 saturated carbocycles. The summed E-state index contributed by atoms with van der Waals surface area (Å²) >= 11 is 0. The van der Waals surface area contributed by atoms with E-state index in [0.717, 1.165) is 49.4 Å². The molecule has 194 valence electrons. The summed E-state index contributed by atoms with van der Waals surface area (Å²) in [5.41, 5.74) is 2.04. The predicted octanol–water partition coefficient (Wildman–Crippen LogP) is 5.00. The number of methoxy groups -OCH3 is 1. The third-order valence-corrected chi connectivity index (χ3v) is 6.81. The van der Waals surface area contributed by atoms with Crippen LogP contribution in [0, 0.1) is 0 Å². The Kier molecular flexibility index (Phi) is 8.80. The van der Waals surface area contributed by atoms with Crippen LogP contribution in [-0.4, -0.2) is 59.1 Å². The molecule has 1 aliphatic rings. The van der Waals surface area contributed by atoms with Gasteiger partial charge in [0.1, 0.15) is 11.8 Å². The SMILES string of the molecule is COc1ccccc1Oc1cccc(CN2CCC(N(C(C)=O)[C@@H](Cc3ccccc3)C(=O)O)CC2)c1. The number of carboxylic acid groups (broad SMARTS) is 1. The van der Waals surface area contributed by atoms with E-state index in [1.165, 1.54) is 6.92 Å². The van der Waals surface area contributed by atoms with Gasteiger partial charge >= 0.3 is 5.97 Å². The Balaban J connectivity index is 1.38. The van der Waals surface area contributed by atoms with Gasteiger partial charge in [0.2, 0.25) is 5.91 Å². The molecule has 37 heavy (non-hydrogen) atoms. The fourth-order valence-electron chi connectivity index (χ4n) is 5.02. The molecule has 0 aromatic heterocycles. The van der Waals surface area contributed by atoms with Crippen LogP contribution in [0.25, 0.3) is 0 Å². The van der Waals surface area contributed by atoms with Crippen molar-refractivity contribution < 1.29 is 24.2 Å². The highest BCUT2D eigenvalue weighted by Gasteiger charge is 2.35. The Morgan fingerprint density at radius 3 is 2.24 bits per heavy atom. The van der Waals surface area contributed by atoms with E-state index in [-0.39, 0.29) is 11.9 Å². The van der Waals surface area contributed by atoms with Gasteiger partial charge in [-0.1, -0.05) is 54.6 Å². The van der Waals surface area contributed by atoms with Gasteiger partial charge in [0.25, 0.3) is 0 Å². The Bertz CT molecular complexity index is 1190. The van der Waals surface area contributed by atoms with Gasteiger partial charge in [0.05, 0.1) is 7.11 Å². The Hall–Kier alpha value is -3.84. The molecule has 0 unspecified atom stereocenters. The average molecular weight is 503 g/mol. The summed E-state index contributed by atoms with van der Waals surface area (Å²) in [5, 5.41) is 9.97. The van der Waals surface area contributed by atoms with Gasteiger partial charge in [-0.15, -0.1) is 0 Å². The maximum atomic E-state index is 12.6. The first kappa shape index (κ1) is 26.2. The summed E-state index contributed by atoms with van der Waals surface area (Å²) in [6, 6.07) is 24.1. The molecule has 1 N–H and O–H groups in total. The molecule has 0 spiro atoms. The Morgan fingerprint density at radius 2 is 1.59 bits per heavy atom. The van der Waals surface area contributed by atoms with Crippen molar-refractivity contribution in [1.29, 1.82) is 0 Å². The van der Waals surface area contributed by atoms with Gasteiger partial charge in [0.15, 0.2) is 11.5 Å². The van der Waals surface area contributed by atoms with E-state index in [0.29, 0.717) is 17.9 Å². The second kappa shape index (κ2) is 12.4. The quantitative estimate of drug-likeness (QED) is 0.421. The van der Waals surface area contributed by atoms with Crippen molar-refractivity contribution in [2.24, 2.45) is 0 Å². The number of nitrogens with zero attached hydrogens (tertiary/aromatic N) is 2. The standard InChI is InChI=1S/C30H34N2O5/c1-22(33)32(27(30(34)35)20-23-9-4-3-5-10-23)25-15-17-31(18-16-25)21-24-11-8-12-26(19-24)37-29-14-7-6-13-28(29)36-2/h3-14,19,25,27H,15-18,20-21H2,1-2H3,(H,34,35)/t27-/m0/s1. The molecular weight excluding hydrogens is 468 g/mol. The molecule has 1 heterocycles. The van der Waals surface area contributed by atoms with Gasteiger partial charge in [-0.25, -0.2) is 4.79 Å². The van der Waals surface area contributed by atoms with Crippen LogP contribution >= 0.6 is 0 Å². The smallest absolute Gasteiger partial charge is 0.326 e. The van der Waals surface area contributed by atoms with E-state index in [4.69, 9.17) is 9.47 Å². The zero-order valence-electron chi connectivity index (χ0n) is 21.4. The molecule has 3 aromatic rings. The number of hydrogen-bond acceptors (Lipinski definition) is 5. The molecule has 1 saturated heterocycles. The summed E-state index contributed by atoms with van der Waals surface area (Å²) in [4.78, 5) is 28.7. The van der Waals surface area contributed by atoms with Crippen molar-refractivity contribution in [3.05, 3.63) is 90.0 Å². The number of amides is 1. The van der Waals surface area contributed by atoms with Crippen LogP contribution in [-0.2, 0) is 22.6 Å². The molecule has 1 atom stereocenters. The van der Waals surface area contributed by atoms with Crippen LogP contribution in [0.1, 0.15) is 30.9 Å². The molecule has 1 amide bonds. The van der Waals surface area contributed by atoms with Crippen molar-refractivity contribution in [3.8, 4) is 17.2 Å². The number of carbonyl (C=O) groups is 2. The summed E-state index contributed by atoms with van der Waals surface area (Å²) in [7, 11) is 1.62. The largest absolute Gasteiger partial charge is 0.493 e. The maximum absolute atomic E-state index is 12.6. The highest BCUT2D eigenvalue weighted by atomic mass is 16.5. The summed E-state index contributed by atoms with van der Waals surface area (Å²) in [5.74, 6) is 0.925. The number of rotatable bonds is 10. The van der Waals surface area contributed by atoms with Gasteiger partial charge in [-0.3, -0.25) is 9.69 Å². The molecule has 0 aliphatic carbocycles. The number of carbonyl (C=O) groups excluding carboxylic acids is 1. The molecule has 7 nitrogen and oxygen atoms in total. The van der Waals surface area contributed by atoms with E-state index >= 15 is 0 Å². The summed E-state index contributed by atoms with van der Waals surface area (Å²) in [6.07, 6.45) is 1.76. The Morgan fingerprint density at radius 1 is 0.946 bits per heavy atom. The number of carboxylic acids is 1. The summed E-state index contributed by atoms with van der Waals surface area (Å²) < 4.78 is 11.4. The first-order valence-corrected chi connectivity index (χ1v) is 12.6. The van der Waals surface area contributed by atoms with Crippen LogP contribution in [0.3, 0.4) is 0 Å². The van der Waals surface area contributed by atoms with E-state index in [9.17, 15) is 14.7 Å². The van der Waals surface area contributed by atoms with Crippen molar-refractivity contribution in [2.75, 3.05) is 20.2 Å². The lowest BCUT2D eigenvalue weighted by Crippen LogP contribution is -2.54. The van der Waals surface area contributed by atoms with Crippen LogP contribution in [0.5, 0.6) is 17.2 Å². The minimum atomic E-state index is -0.964. The van der Waals surface area contributed by atoms with Crippen LogP contribution < -0.4 is 9.47 Å². The number of hydrogen-bond donors (Lipinski definition) is 1. The average Bonchev–Trinajstić information content (AvgIpc) is 2.90. The number of aliphatic carboxylic acids is 1. The van der Waals surface area contributed by atoms with Crippen molar-refractivity contribution in [2.45, 2.75) is 44.8 Å². The highest BCUT2D eigenvalue weighted by Crippen LogP contribution is 2.31. The highest BCUT2D eigenvalue weighted by molar-refractivity contribution is 5.82. The third kappa shape index (κ3) is 6.89. The monoisotopic (exact) mass is 502 g/mol. The summed E-state index contributed by atoms with van der Waals surface area (Å²) in [6.45, 7) is 3.79. The lowest BCUT2D eigenvalue weighted by Gasteiger charge is -2.41. The van der Waals surface area contributed by atoms with Crippen molar-refractivity contribution >= 4 is 11.9 Å². The lowest BCUT2D eigenvalue weighted by atomic mass is 9.97. The zero-order valence-corrected chi connectivity index (χ0v) is 21.4. The van der Waals surface area contributed by atoms with E-state index in [1.54, 1.807) is 12.0 Å². The minimum Gasteiger partial charge on any atom is -0.493 e. The number of likely N-dealkylation sites (tertiary alicyclic amines) is 1. The third-order valence-electron chi connectivity index (χ3n) is 6.81. The van der Waals surface area contributed by atoms with E-state index in [2.05, 4.69) is 11.0 Å². The molecular formula is C30H34N2O5. The second-order valence-electron chi connectivity index (χ2n) is 9.38. The first-order chi connectivity index (χ1) is 17.9. The van der Waals surface area contributed by atoms with Crippen LogP contribution in [0.4, 0.5) is 0 Å². The Labute approximate surface area is 218 Å². The van der Waals surface area contributed by atoms with Crippen LogP contribution in [0.2, 0.25) is 0 Å². The fourth-order valence-corrected chi connectivity index (χ4v) is 5.02. The minimum absolute atomic E-state index is 0.0984. The molecule has 0 radical (unpaired) electrons. The predicted molar refractivity (Wildman–Crippen MR) is 142 cm³/mol. The number of para-hydroxylation sites is 2. The molecule has 0 bridgehead atoms. The van der Waals surface area contributed by atoms with E-state index < -0.39 is 12.0 Å². The van der Waals surface area contributed by atoms with Gasteiger partial charge in [-0.2, -0.15) is 0 Å². The van der Waals surface area contributed by atoms with Gasteiger partial charge < -0.3 is 19.5 Å². The van der Waals surface area contributed by atoms with E-state index in [1.807, 2.05) is 72.8 Å². The fraction of sp³-hybridized carbons (Fsp3) is 0.333. The lowest BCUT2D eigenvalue weighted by molar-refractivity contribution is -0.152. The molecule has 3 aromatic carbocycles. The molecule has 7 heteroatoms. The van der Waals surface area contributed by atoms with Crippen molar-refractivity contribution in [3.63, 3.8) is 0 Å². The zero-order chi connectivity index (χ0) is 26.2. The van der Waals surface area contributed by atoms with Crippen molar-refractivity contribution in [1.82, 2.24) is 9.80 Å². The molecule has 1 aliphatic heterocycles.